The molecule has 0 atom stereocenters. The number of amides is 2. The Balaban J connectivity index is 1.87. The number of carbonyl (C=O) groups excluding carboxylic acids is 2. The maximum Gasteiger partial charge on any atom is 0.238 e. The predicted molar refractivity (Wildman–Crippen MR) is 109 cm³/mol. The molecule has 0 fully saturated rings. The van der Waals surface area contributed by atoms with Gasteiger partial charge in [0.1, 0.15) is 5.75 Å². The summed E-state index contributed by atoms with van der Waals surface area (Å²) in [4.78, 5) is 29.7. The first-order valence-electron chi connectivity index (χ1n) is 9.02. The number of carbonyl (C=O) groups is 2. The molecule has 146 valence electrons. The molecule has 0 aliphatic rings. The molecule has 0 radical (unpaired) electrons. The van der Waals surface area contributed by atoms with Gasteiger partial charge in [-0.2, -0.15) is 0 Å². The maximum atomic E-state index is 12.6. The van der Waals surface area contributed by atoms with Gasteiger partial charge in [0.2, 0.25) is 11.8 Å². The van der Waals surface area contributed by atoms with Gasteiger partial charge in [0.25, 0.3) is 0 Å². The van der Waals surface area contributed by atoms with Crippen molar-refractivity contribution < 1.29 is 14.3 Å². The molecule has 2 rings (SSSR count). The van der Waals surface area contributed by atoms with Gasteiger partial charge in [-0.05, 0) is 49.2 Å². The average molecular weight is 390 g/mol. The number of anilines is 1. The zero-order chi connectivity index (χ0) is 19.6. The largest absolute Gasteiger partial charge is 0.497 e. The van der Waals surface area contributed by atoms with Crippen LogP contribution in [0, 0.1) is 0 Å². The summed E-state index contributed by atoms with van der Waals surface area (Å²) in [6.45, 7) is 6.20. The van der Waals surface area contributed by atoms with E-state index >= 15 is 0 Å². The minimum Gasteiger partial charge on any atom is -0.497 e. The molecule has 1 aromatic carbocycles. The summed E-state index contributed by atoms with van der Waals surface area (Å²) >= 11 is 1.64. The van der Waals surface area contributed by atoms with Crippen LogP contribution in [0.1, 0.15) is 18.7 Å². The number of likely N-dealkylation sites (N-methyl/N-ethyl adjacent to an activating group) is 2. The summed E-state index contributed by atoms with van der Waals surface area (Å²) in [5.41, 5.74) is 0.705. The summed E-state index contributed by atoms with van der Waals surface area (Å²) in [5, 5.41) is 4.86. The van der Waals surface area contributed by atoms with Gasteiger partial charge in [0, 0.05) is 17.1 Å². The van der Waals surface area contributed by atoms with Crippen molar-refractivity contribution in [1.29, 1.82) is 0 Å². The Labute approximate surface area is 164 Å². The lowest BCUT2D eigenvalue weighted by Gasteiger charge is -2.25. The second-order valence-corrected chi connectivity index (χ2v) is 7.10. The number of nitrogens with one attached hydrogen (secondary N) is 1. The molecule has 2 amide bonds. The molecule has 0 saturated carbocycles. The van der Waals surface area contributed by atoms with E-state index in [0.29, 0.717) is 25.3 Å². The van der Waals surface area contributed by atoms with Gasteiger partial charge < -0.3 is 15.0 Å². The summed E-state index contributed by atoms with van der Waals surface area (Å²) in [6, 6.07) is 11.2. The topological polar surface area (TPSA) is 61.9 Å². The average Bonchev–Trinajstić information content (AvgIpc) is 3.19. The van der Waals surface area contributed by atoms with E-state index in [4.69, 9.17) is 4.74 Å². The highest BCUT2D eigenvalue weighted by Gasteiger charge is 2.18. The lowest BCUT2D eigenvalue weighted by molar-refractivity contribution is -0.133. The van der Waals surface area contributed by atoms with Crippen molar-refractivity contribution in [1.82, 2.24) is 9.80 Å². The lowest BCUT2D eigenvalue weighted by Crippen LogP contribution is -2.42. The highest BCUT2D eigenvalue weighted by atomic mass is 32.1. The second kappa shape index (κ2) is 10.7. The van der Waals surface area contributed by atoms with E-state index in [1.807, 2.05) is 41.2 Å². The van der Waals surface area contributed by atoms with Gasteiger partial charge in [-0.25, -0.2) is 0 Å². The molecule has 1 N–H and O–H groups in total. The van der Waals surface area contributed by atoms with Crippen molar-refractivity contribution >= 4 is 28.8 Å². The zero-order valence-electron chi connectivity index (χ0n) is 16.1. The van der Waals surface area contributed by atoms with E-state index in [-0.39, 0.29) is 24.9 Å². The third kappa shape index (κ3) is 6.69. The monoisotopic (exact) mass is 389 g/mol. The van der Waals surface area contributed by atoms with Gasteiger partial charge in [0.15, 0.2) is 0 Å². The number of hydrogen-bond donors (Lipinski definition) is 1. The van der Waals surface area contributed by atoms with Gasteiger partial charge in [0.05, 0.1) is 26.7 Å². The SMILES string of the molecule is CCN(CC(=O)Nc1ccc(OC)cc1)CC(=O)N(CC)Cc1cccs1. The number of methoxy groups -OCH3 is 1. The molecule has 2 aromatic rings. The first-order valence-corrected chi connectivity index (χ1v) is 9.90. The van der Waals surface area contributed by atoms with Crippen LogP contribution >= 0.6 is 11.3 Å². The van der Waals surface area contributed by atoms with Crippen LogP contribution in [0.25, 0.3) is 0 Å². The molecule has 0 aliphatic heterocycles. The van der Waals surface area contributed by atoms with E-state index in [1.54, 1.807) is 42.7 Å². The molecule has 0 aliphatic carbocycles. The highest BCUT2D eigenvalue weighted by molar-refractivity contribution is 7.09. The number of nitrogens with zero attached hydrogens (tertiary/aromatic N) is 2. The van der Waals surface area contributed by atoms with Gasteiger partial charge in [-0.15, -0.1) is 11.3 Å². The molecule has 0 saturated heterocycles. The van der Waals surface area contributed by atoms with Crippen LogP contribution in [0.15, 0.2) is 41.8 Å². The maximum absolute atomic E-state index is 12.6. The molecule has 6 nitrogen and oxygen atoms in total. The van der Waals surface area contributed by atoms with Crippen molar-refractivity contribution in [2.75, 3.05) is 38.6 Å². The van der Waals surface area contributed by atoms with Gasteiger partial charge >= 0.3 is 0 Å². The van der Waals surface area contributed by atoms with E-state index in [0.717, 1.165) is 10.6 Å². The smallest absolute Gasteiger partial charge is 0.238 e. The molecule has 7 heteroatoms. The van der Waals surface area contributed by atoms with Crippen molar-refractivity contribution in [2.24, 2.45) is 0 Å². The zero-order valence-corrected chi connectivity index (χ0v) is 16.9. The van der Waals surface area contributed by atoms with Crippen LogP contribution in [-0.4, -0.2) is 54.9 Å². The Morgan fingerprint density at radius 1 is 1.07 bits per heavy atom. The van der Waals surface area contributed by atoms with E-state index in [2.05, 4.69) is 5.32 Å². The Morgan fingerprint density at radius 2 is 1.81 bits per heavy atom. The van der Waals surface area contributed by atoms with Gasteiger partial charge in [-0.3, -0.25) is 14.5 Å². The fourth-order valence-corrected chi connectivity index (χ4v) is 3.34. The first kappa shape index (κ1) is 20.9. The van der Waals surface area contributed by atoms with Gasteiger partial charge in [-0.1, -0.05) is 13.0 Å². The fraction of sp³-hybridized carbons (Fsp3) is 0.400. The third-order valence-corrected chi connectivity index (χ3v) is 5.07. The summed E-state index contributed by atoms with van der Waals surface area (Å²) in [5.74, 6) is 0.625. The number of ether oxygens (including phenoxy) is 1. The molecule has 27 heavy (non-hydrogen) atoms. The molecule has 0 spiro atoms. The molecule has 0 bridgehead atoms. The van der Waals surface area contributed by atoms with Crippen LogP contribution in [0.5, 0.6) is 5.75 Å². The minimum atomic E-state index is -0.142. The van der Waals surface area contributed by atoms with Crippen molar-refractivity contribution in [3.8, 4) is 5.75 Å². The van der Waals surface area contributed by atoms with E-state index in [1.165, 1.54) is 0 Å². The minimum absolute atomic E-state index is 0.0324. The molecular weight excluding hydrogens is 362 g/mol. The summed E-state index contributed by atoms with van der Waals surface area (Å²) in [7, 11) is 1.60. The standard InChI is InChI=1S/C20H27N3O3S/c1-4-22(14-19(24)21-16-8-10-17(26-3)11-9-16)15-20(25)23(5-2)13-18-7-6-12-27-18/h6-12H,4-5,13-15H2,1-3H3,(H,21,24). The molecule has 0 unspecified atom stereocenters. The molecule has 1 heterocycles. The van der Waals surface area contributed by atoms with Crippen LogP contribution in [0.2, 0.25) is 0 Å². The normalized spacial score (nSPS) is 10.7. The lowest BCUT2D eigenvalue weighted by atomic mass is 10.3. The van der Waals surface area contributed by atoms with Crippen LogP contribution in [0.3, 0.4) is 0 Å². The molecular formula is C20H27N3O3S. The van der Waals surface area contributed by atoms with Crippen molar-refractivity contribution in [3.63, 3.8) is 0 Å². The highest BCUT2D eigenvalue weighted by Crippen LogP contribution is 2.15. The first-order chi connectivity index (χ1) is 13.0. The fourth-order valence-electron chi connectivity index (χ4n) is 2.62. The number of rotatable bonds is 10. The van der Waals surface area contributed by atoms with Crippen LogP contribution in [0.4, 0.5) is 5.69 Å². The van der Waals surface area contributed by atoms with E-state index in [9.17, 15) is 9.59 Å². The second-order valence-electron chi connectivity index (χ2n) is 6.07. The summed E-state index contributed by atoms with van der Waals surface area (Å²) in [6.07, 6.45) is 0. The Bertz CT molecular complexity index is 717. The quantitative estimate of drug-likeness (QED) is 0.678. The number of benzene rings is 1. The Hall–Kier alpha value is -2.38. The Morgan fingerprint density at radius 3 is 2.37 bits per heavy atom. The summed E-state index contributed by atoms with van der Waals surface area (Å²) < 4.78 is 5.11. The molecule has 1 aromatic heterocycles. The number of hydrogen-bond acceptors (Lipinski definition) is 5. The van der Waals surface area contributed by atoms with Crippen LogP contribution < -0.4 is 10.1 Å². The van der Waals surface area contributed by atoms with Crippen LogP contribution in [-0.2, 0) is 16.1 Å². The van der Waals surface area contributed by atoms with Crippen molar-refractivity contribution in [3.05, 3.63) is 46.7 Å². The third-order valence-electron chi connectivity index (χ3n) is 4.21. The predicted octanol–water partition coefficient (Wildman–Crippen LogP) is 3.07. The number of thiophene rings is 1. The van der Waals surface area contributed by atoms with Crippen molar-refractivity contribution in [2.45, 2.75) is 20.4 Å². The Kier molecular flexibility index (Phi) is 8.29. The van der Waals surface area contributed by atoms with E-state index < -0.39 is 0 Å².